The second-order valence-electron chi connectivity index (χ2n) is 4.87. The van der Waals surface area contributed by atoms with E-state index in [2.05, 4.69) is 28.9 Å². The summed E-state index contributed by atoms with van der Waals surface area (Å²) in [5.41, 5.74) is 0. The lowest BCUT2D eigenvalue weighted by atomic mass is 9.99. The predicted octanol–water partition coefficient (Wildman–Crippen LogP) is 1.81. The van der Waals surface area contributed by atoms with Gasteiger partial charge in [-0.15, -0.1) is 0 Å². The summed E-state index contributed by atoms with van der Waals surface area (Å²) in [7, 11) is 0. The molecule has 2 atom stereocenters. The number of hydrogen-bond acceptors (Lipinski definition) is 3. The average Bonchev–Trinajstić information content (AvgIpc) is 2.31. The van der Waals surface area contributed by atoms with Gasteiger partial charge in [-0.05, 0) is 38.3 Å². The fraction of sp³-hybridized carbons (Fsp3) is 1.00. The Morgan fingerprint density at radius 3 is 3.13 bits per heavy atom. The molecule has 2 unspecified atom stereocenters. The summed E-state index contributed by atoms with van der Waals surface area (Å²) < 4.78 is 0. The van der Waals surface area contributed by atoms with Gasteiger partial charge in [0.25, 0.3) is 0 Å². The molecule has 88 valence electrons. The van der Waals surface area contributed by atoms with Crippen LogP contribution >= 0.6 is 11.8 Å². The molecule has 2 saturated heterocycles. The van der Waals surface area contributed by atoms with Crippen LogP contribution in [0, 0.1) is 5.92 Å². The van der Waals surface area contributed by atoms with E-state index >= 15 is 0 Å². The molecule has 3 heteroatoms. The molecule has 2 rings (SSSR count). The van der Waals surface area contributed by atoms with Crippen molar-refractivity contribution >= 4 is 11.8 Å². The van der Waals surface area contributed by atoms with Crippen LogP contribution in [0.2, 0.25) is 0 Å². The highest BCUT2D eigenvalue weighted by Crippen LogP contribution is 2.22. The van der Waals surface area contributed by atoms with Crippen LogP contribution in [0.1, 0.15) is 26.2 Å². The van der Waals surface area contributed by atoms with Gasteiger partial charge in [-0.1, -0.05) is 6.92 Å². The number of nitrogens with one attached hydrogen (secondary N) is 1. The van der Waals surface area contributed by atoms with Gasteiger partial charge in [0.05, 0.1) is 0 Å². The van der Waals surface area contributed by atoms with Crippen LogP contribution in [0.15, 0.2) is 0 Å². The molecule has 0 radical (unpaired) electrons. The minimum atomic E-state index is 0.898. The quantitative estimate of drug-likeness (QED) is 0.793. The molecule has 0 aliphatic carbocycles. The minimum Gasteiger partial charge on any atom is -0.316 e. The first kappa shape index (κ1) is 11.7. The Morgan fingerprint density at radius 1 is 1.47 bits per heavy atom. The van der Waals surface area contributed by atoms with Crippen LogP contribution in [-0.4, -0.2) is 48.6 Å². The molecule has 2 fully saturated rings. The van der Waals surface area contributed by atoms with Crippen LogP contribution in [0.3, 0.4) is 0 Å². The first-order valence-electron chi connectivity index (χ1n) is 6.43. The van der Waals surface area contributed by atoms with Crippen LogP contribution in [0.5, 0.6) is 0 Å². The lowest BCUT2D eigenvalue weighted by Gasteiger charge is -2.35. The van der Waals surface area contributed by atoms with Crippen molar-refractivity contribution in [3.8, 4) is 0 Å². The van der Waals surface area contributed by atoms with E-state index in [4.69, 9.17) is 0 Å². The Labute approximate surface area is 98.2 Å². The molecule has 0 aromatic carbocycles. The molecule has 15 heavy (non-hydrogen) atoms. The zero-order valence-corrected chi connectivity index (χ0v) is 10.7. The summed E-state index contributed by atoms with van der Waals surface area (Å²) in [5, 5.41) is 4.42. The van der Waals surface area contributed by atoms with E-state index in [-0.39, 0.29) is 0 Å². The van der Waals surface area contributed by atoms with Gasteiger partial charge < -0.3 is 10.2 Å². The maximum atomic E-state index is 3.52. The highest BCUT2D eigenvalue weighted by Gasteiger charge is 2.22. The molecule has 1 N–H and O–H groups in total. The Bertz CT molecular complexity index is 180. The van der Waals surface area contributed by atoms with E-state index in [0.29, 0.717) is 0 Å². The van der Waals surface area contributed by atoms with Crippen molar-refractivity contribution in [3.05, 3.63) is 0 Å². The van der Waals surface area contributed by atoms with E-state index in [9.17, 15) is 0 Å². The summed E-state index contributed by atoms with van der Waals surface area (Å²) >= 11 is 2.17. The van der Waals surface area contributed by atoms with Crippen LogP contribution in [-0.2, 0) is 0 Å². The molecule has 0 aromatic heterocycles. The Kier molecular flexibility index (Phi) is 4.79. The Hall–Kier alpha value is 0.270. The number of rotatable bonds is 3. The third-order valence-corrected chi connectivity index (χ3v) is 4.97. The molecule has 0 amide bonds. The van der Waals surface area contributed by atoms with E-state index < -0.39 is 0 Å². The van der Waals surface area contributed by atoms with Crippen LogP contribution in [0.4, 0.5) is 0 Å². The molecular formula is C12H24N2S. The summed E-state index contributed by atoms with van der Waals surface area (Å²) in [5.74, 6) is 2.26. The van der Waals surface area contributed by atoms with Crippen molar-refractivity contribution in [2.45, 2.75) is 31.4 Å². The number of nitrogens with zero attached hydrogens (tertiary/aromatic N) is 1. The summed E-state index contributed by atoms with van der Waals surface area (Å²) in [6.45, 7) is 8.80. The van der Waals surface area contributed by atoms with E-state index in [0.717, 1.165) is 11.2 Å². The average molecular weight is 228 g/mol. The zero-order chi connectivity index (χ0) is 10.5. The van der Waals surface area contributed by atoms with Crippen molar-refractivity contribution in [2.75, 3.05) is 38.5 Å². The Balaban J connectivity index is 1.72. The monoisotopic (exact) mass is 228 g/mol. The van der Waals surface area contributed by atoms with Gasteiger partial charge in [0.15, 0.2) is 0 Å². The molecular weight excluding hydrogens is 204 g/mol. The van der Waals surface area contributed by atoms with Gasteiger partial charge in [0, 0.05) is 30.6 Å². The van der Waals surface area contributed by atoms with E-state index in [1.807, 2.05) is 0 Å². The van der Waals surface area contributed by atoms with Crippen molar-refractivity contribution in [2.24, 2.45) is 5.92 Å². The summed E-state index contributed by atoms with van der Waals surface area (Å²) in [6.07, 6.45) is 4.15. The lowest BCUT2D eigenvalue weighted by Crippen LogP contribution is -2.43. The topological polar surface area (TPSA) is 15.3 Å². The van der Waals surface area contributed by atoms with Gasteiger partial charge in [0.1, 0.15) is 0 Å². The van der Waals surface area contributed by atoms with Gasteiger partial charge in [0.2, 0.25) is 0 Å². The second-order valence-corrected chi connectivity index (χ2v) is 6.28. The minimum absolute atomic E-state index is 0.898. The largest absolute Gasteiger partial charge is 0.316 e. The summed E-state index contributed by atoms with van der Waals surface area (Å²) in [6, 6.07) is 0. The number of thioether (sulfide) groups is 1. The van der Waals surface area contributed by atoms with Crippen LogP contribution < -0.4 is 5.32 Å². The first-order valence-corrected chi connectivity index (χ1v) is 7.48. The normalized spacial score (nSPS) is 34.2. The SMILES string of the molecule is CCC1CN(CC2CCCNC2)CCS1. The summed E-state index contributed by atoms with van der Waals surface area (Å²) in [4.78, 5) is 2.70. The first-order chi connectivity index (χ1) is 7.38. The van der Waals surface area contributed by atoms with Crippen molar-refractivity contribution in [1.29, 1.82) is 0 Å². The fourth-order valence-corrected chi connectivity index (χ4v) is 3.89. The third-order valence-electron chi connectivity index (χ3n) is 3.59. The third kappa shape index (κ3) is 3.65. The van der Waals surface area contributed by atoms with Crippen molar-refractivity contribution in [1.82, 2.24) is 10.2 Å². The van der Waals surface area contributed by atoms with Gasteiger partial charge >= 0.3 is 0 Å². The maximum absolute atomic E-state index is 3.52. The predicted molar refractivity (Wildman–Crippen MR) is 68.6 cm³/mol. The molecule has 2 aliphatic heterocycles. The highest BCUT2D eigenvalue weighted by atomic mass is 32.2. The molecule has 0 spiro atoms. The highest BCUT2D eigenvalue weighted by molar-refractivity contribution is 8.00. The number of hydrogen-bond donors (Lipinski definition) is 1. The Morgan fingerprint density at radius 2 is 2.40 bits per heavy atom. The van der Waals surface area contributed by atoms with Crippen molar-refractivity contribution < 1.29 is 0 Å². The smallest absolute Gasteiger partial charge is 0.0172 e. The standard InChI is InChI=1S/C12H24N2S/c1-2-12-10-14(6-7-15-12)9-11-4-3-5-13-8-11/h11-13H,2-10H2,1H3. The van der Waals surface area contributed by atoms with Gasteiger partial charge in [-0.25, -0.2) is 0 Å². The van der Waals surface area contributed by atoms with E-state index in [1.165, 1.54) is 57.7 Å². The zero-order valence-electron chi connectivity index (χ0n) is 9.87. The maximum Gasteiger partial charge on any atom is 0.0172 e. The molecule has 2 heterocycles. The molecule has 2 nitrogen and oxygen atoms in total. The molecule has 0 aromatic rings. The number of piperidine rings is 1. The second kappa shape index (κ2) is 6.12. The lowest BCUT2D eigenvalue weighted by molar-refractivity contribution is 0.213. The van der Waals surface area contributed by atoms with E-state index in [1.54, 1.807) is 0 Å². The fourth-order valence-electron chi connectivity index (χ4n) is 2.64. The molecule has 0 saturated carbocycles. The molecule has 2 aliphatic rings. The van der Waals surface area contributed by atoms with Crippen LogP contribution in [0.25, 0.3) is 0 Å². The van der Waals surface area contributed by atoms with Gasteiger partial charge in [-0.2, -0.15) is 11.8 Å². The van der Waals surface area contributed by atoms with Crippen molar-refractivity contribution in [3.63, 3.8) is 0 Å². The van der Waals surface area contributed by atoms with Gasteiger partial charge in [-0.3, -0.25) is 0 Å². The molecule has 0 bridgehead atoms.